The lowest BCUT2D eigenvalue weighted by Crippen LogP contribution is -2.39. The Morgan fingerprint density at radius 2 is 2.00 bits per heavy atom. The van der Waals surface area contributed by atoms with Gasteiger partial charge in [-0.3, -0.25) is 4.79 Å². The second kappa shape index (κ2) is 8.02. The molecule has 0 saturated carbocycles. The Morgan fingerprint density at radius 3 is 2.52 bits per heavy atom. The van der Waals surface area contributed by atoms with Gasteiger partial charge in [-0.25, -0.2) is 4.79 Å². The van der Waals surface area contributed by atoms with Crippen molar-refractivity contribution in [1.29, 1.82) is 0 Å². The number of carboxylic acids is 1. The van der Waals surface area contributed by atoms with Gasteiger partial charge in [-0.15, -0.1) is 0 Å². The van der Waals surface area contributed by atoms with Gasteiger partial charge in [-0.2, -0.15) is 0 Å². The number of amides is 2. The summed E-state index contributed by atoms with van der Waals surface area (Å²) < 4.78 is 0.806. The molecule has 0 bridgehead atoms. The van der Waals surface area contributed by atoms with Gasteiger partial charge in [0.2, 0.25) is 0 Å². The fourth-order valence-electron chi connectivity index (χ4n) is 2.19. The first-order valence-electron chi connectivity index (χ1n) is 6.89. The van der Waals surface area contributed by atoms with Gasteiger partial charge in [0.1, 0.15) is 0 Å². The second-order valence-corrected chi connectivity index (χ2v) is 5.97. The van der Waals surface area contributed by atoms with Crippen LogP contribution >= 0.6 is 15.9 Å². The van der Waals surface area contributed by atoms with Crippen molar-refractivity contribution in [2.45, 2.75) is 46.1 Å². The molecule has 0 aliphatic rings. The SMILES string of the molecule is CCCC(CC(=O)O)NC(=O)Nc1c(C)cc(C)cc1Br. The van der Waals surface area contributed by atoms with Gasteiger partial charge >= 0.3 is 12.0 Å². The minimum Gasteiger partial charge on any atom is -0.481 e. The number of hydrogen-bond donors (Lipinski definition) is 3. The van der Waals surface area contributed by atoms with E-state index >= 15 is 0 Å². The number of anilines is 1. The lowest BCUT2D eigenvalue weighted by Gasteiger charge is -2.18. The van der Waals surface area contributed by atoms with Crippen LogP contribution in [0.15, 0.2) is 16.6 Å². The van der Waals surface area contributed by atoms with Crippen LogP contribution < -0.4 is 10.6 Å². The maximum Gasteiger partial charge on any atom is 0.319 e. The van der Waals surface area contributed by atoms with Crippen LogP contribution in [0.1, 0.15) is 37.3 Å². The van der Waals surface area contributed by atoms with E-state index in [9.17, 15) is 9.59 Å². The maximum absolute atomic E-state index is 12.0. The molecule has 1 aromatic carbocycles. The molecular weight excluding hydrogens is 336 g/mol. The molecule has 0 heterocycles. The molecule has 1 unspecified atom stereocenters. The number of halogens is 1. The van der Waals surface area contributed by atoms with E-state index < -0.39 is 5.97 Å². The first kappa shape index (κ1) is 17.5. The molecular formula is C15H21BrN2O3. The Kier molecular flexibility index (Phi) is 6.68. The van der Waals surface area contributed by atoms with E-state index in [0.29, 0.717) is 12.1 Å². The minimum absolute atomic E-state index is 0.0741. The maximum atomic E-state index is 12.0. The van der Waals surface area contributed by atoms with Crippen molar-refractivity contribution in [1.82, 2.24) is 5.32 Å². The first-order chi connectivity index (χ1) is 9.83. The Bertz CT molecular complexity index is 509. The van der Waals surface area contributed by atoms with E-state index in [1.165, 1.54) is 0 Å². The minimum atomic E-state index is -0.915. The highest BCUT2D eigenvalue weighted by Crippen LogP contribution is 2.27. The number of hydrogen-bond acceptors (Lipinski definition) is 2. The Morgan fingerprint density at radius 1 is 1.33 bits per heavy atom. The van der Waals surface area contributed by atoms with Crippen LogP contribution in [0.2, 0.25) is 0 Å². The second-order valence-electron chi connectivity index (χ2n) is 5.12. The summed E-state index contributed by atoms with van der Waals surface area (Å²) in [5.74, 6) is -0.915. The van der Waals surface area contributed by atoms with E-state index in [4.69, 9.17) is 5.11 Å². The quantitative estimate of drug-likeness (QED) is 0.724. The van der Waals surface area contributed by atoms with Crippen LogP contribution in [0.25, 0.3) is 0 Å². The standard InChI is InChI=1S/C15H21BrN2O3/c1-4-5-11(8-13(19)20)17-15(21)18-14-10(3)6-9(2)7-12(14)16/h6-7,11H,4-5,8H2,1-3H3,(H,19,20)(H2,17,18,21). The van der Waals surface area contributed by atoms with E-state index in [-0.39, 0.29) is 18.5 Å². The van der Waals surface area contributed by atoms with Crippen molar-refractivity contribution in [2.75, 3.05) is 5.32 Å². The van der Waals surface area contributed by atoms with Gasteiger partial charge in [-0.05, 0) is 53.4 Å². The Balaban J connectivity index is 2.74. The molecule has 2 amide bonds. The first-order valence-corrected chi connectivity index (χ1v) is 7.68. The molecule has 0 aliphatic carbocycles. The highest BCUT2D eigenvalue weighted by Gasteiger charge is 2.16. The van der Waals surface area contributed by atoms with Crippen molar-refractivity contribution in [3.63, 3.8) is 0 Å². The Labute approximate surface area is 133 Å². The van der Waals surface area contributed by atoms with Crippen molar-refractivity contribution in [2.24, 2.45) is 0 Å². The molecule has 1 atom stereocenters. The van der Waals surface area contributed by atoms with Crippen molar-refractivity contribution in [3.05, 3.63) is 27.7 Å². The van der Waals surface area contributed by atoms with Crippen LogP contribution in [-0.4, -0.2) is 23.1 Å². The largest absolute Gasteiger partial charge is 0.481 e. The van der Waals surface area contributed by atoms with Gasteiger partial charge in [0.15, 0.2) is 0 Å². The lowest BCUT2D eigenvalue weighted by molar-refractivity contribution is -0.137. The van der Waals surface area contributed by atoms with Gasteiger partial charge in [0.05, 0.1) is 12.1 Å². The molecule has 1 aromatic rings. The van der Waals surface area contributed by atoms with Crippen molar-refractivity contribution in [3.8, 4) is 0 Å². The van der Waals surface area contributed by atoms with Gasteiger partial charge in [0.25, 0.3) is 0 Å². The van der Waals surface area contributed by atoms with Crippen LogP contribution in [0.3, 0.4) is 0 Å². The van der Waals surface area contributed by atoms with Crippen LogP contribution in [0, 0.1) is 13.8 Å². The normalized spacial score (nSPS) is 11.8. The summed E-state index contributed by atoms with van der Waals surface area (Å²) in [6.45, 7) is 5.84. The zero-order chi connectivity index (χ0) is 16.0. The van der Waals surface area contributed by atoms with Crippen molar-refractivity contribution < 1.29 is 14.7 Å². The molecule has 6 heteroatoms. The number of carbonyl (C=O) groups excluding carboxylic acids is 1. The van der Waals surface area contributed by atoms with E-state index in [1.54, 1.807) is 0 Å². The number of nitrogens with one attached hydrogen (secondary N) is 2. The van der Waals surface area contributed by atoms with Gasteiger partial charge < -0.3 is 15.7 Å². The summed E-state index contributed by atoms with van der Waals surface area (Å²) in [5, 5.41) is 14.3. The molecule has 0 aliphatic heterocycles. The summed E-state index contributed by atoms with van der Waals surface area (Å²) in [7, 11) is 0. The van der Waals surface area contributed by atoms with E-state index in [0.717, 1.165) is 22.0 Å². The predicted molar refractivity (Wildman–Crippen MR) is 86.7 cm³/mol. The van der Waals surface area contributed by atoms with Crippen molar-refractivity contribution >= 4 is 33.6 Å². The molecule has 21 heavy (non-hydrogen) atoms. The number of aliphatic carboxylic acids is 1. The average molecular weight is 357 g/mol. The average Bonchev–Trinajstić information content (AvgIpc) is 2.33. The molecule has 116 valence electrons. The summed E-state index contributed by atoms with van der Waals surface area (Å²) in [5.41, 5.74) is 2.74. The van der Waals surface area contributed by atoms with E-state index in [2.05, 4.69) is 26.6 Å². The zero-order valence-electron chi connectivity index (χ0n) is 12.5. The van der Waals surface area contributed by atoms with Gasteiger partial charge in [0, 0.05) is 10.5 Å². The molecule has 0 spiro atoms. The third-order valence-electron chi connectivity index (χ3n) is 3.06. The summed E-state index contributed by atoms with van der Waals surface area (Å²) in [4.78, 5) is 22.8. The third-order valence-corrected chi connectivity index (χ3v) is 3.69. The number of aryl methyl sites for hydroxylation is 2. The molecule has 0 saturated heterocycles. The lowest BCUT2D eigenvalue weighted by atomic mass is 10.1. The van der Waals surface area contributed by atoms with Crippen LogP contribution in [0.5, 0.6) is 0 Å². The topological polar surface area (TPSA) is 78.4 Å². The molecule has 0 radical (unpaired) electrons. The third kappa shape index (κ3) is 5.75. The molecule has 3 N–H and O–H groups in total. The fraction of sp³-hybridized carbons (Fsp3) is 0.467. The summed E-state index contributed by atoms with van der Waals surface area (Å²) in [6.07, 6.45) is 1.37. The van der Waals surface area contributed by atoms with Crippen LogP contribution in [-0.2, 0) is 4.79 Å². The molecule has 0 aromatic heterocycles. The predicted octanol–water partition coefficient (Wildman–Crippen LogP) is 3.83. The zero-order valence-corrected chi connectivity index (χ0v) is 14.1. The summed E-state index contributed by atoms with van der Waals surface area (Å²) >= 11 is 3.43. The summed E-state index contributed by atoms with van der Waals surface area (Å²) in [6, 6.07) is 3.14. The fourth-order valence-corrected chi connectivity index (χ4v) is 2.97. The monoisotopic (exact) mass is 356 g/mol. The molecule has 1 rings (SSSR count). The number of urea groups is 1. The number of carboxylic acid groups (broad SMARTS) is 1. The Hall–Kier alpha value is -1.56. The highest BCUT2D eigenvalue weighted by molar-refractivity contribution is 9.10. The molecule has 5 nitrogen and oxygen atoms in total. The van der Waals surface area contributed by atoms with E-state index in [1.807, 2.05) is 32.9 Å². The number of benzene rings is 1. The number of rotatable bonds is 6. The highest BCUT2D eigenvalue weighted by atomic mass is 79.9. The number of carbonyl (C=O) groups is 2. The van der Waals surface area contributed by atoms with Crippen LogP contribution in [0.4, 0.5) is 10.5 Å². The molecule has 0 fully saturated rings. The smallest absolute Gasteiger partial charge is 0.319 e. The van der Waals surface area contributed by atoms with Gasteiger partial charge in [-0.1, -0.05) is 19.4 Å².